The standard InChI is InChI=1S/C18H16BrClO4/c1-2-24-17(22)8-7-16(21)14-9-12(10-15(19)18(14)23)11-3-5-13(20)6-4-11/h3-6,9-10,23H,2,7-8H2,1H3. The molecular formula is C18H16BrClO4. The maximum Gasteiger partial charge on any atom is 0.306 e. The van der Waals surface area contributed by atoms with E-state index in [1.54, 1.807) is 31.2 Å². The van der Waals surface area contributed by atoms with Crippen LogP contribution in [-0.4, -0.2) is 23.5 Å². The maximum atomic E-state index is 12.4. The van der Waals surface area contributed by atoms with Gasteiger partial charge in [-0.1, -0.05) is 23.7 Å². The smallest absolute Gasteiger partial charge is 0.306 e. The van der Waals surface area contributed by atoms with Gasteiger partial charge in [-0.3, -0.25) is 9.59 Å². The molecule has 0 aliphatic carbocycles. The molecular weight excluding hydrogens is 396 g/mol. The first-order valence-corrected chi connectivity index (χ1v) is 8.56. The molecule has 2 rings (SSSR count). The lowest BCUT2D eigenvalue weighted by Crippen LogP contribution is -2.08. The monoisotopic (exact) mass is 410 g/mol. The van der Waals surface area contributed by atoms with Crippen molar-refractivity contribution in [3.63, 3.8) is 0 Å². The summed E-state index contributed by atoms with van der Waals surface area (Å²) in [5, 5.41) is 10.8. The molecule has 0 unspecified atom stereocenters. The minimum atomic E-state index is -0.432. The van der Waals surface area contributed by atoms with Crippen molar-refractivity contribution in [1.29, 1.82) is 0 Å². The summed E-state index contributed by atoms with van der Waals surface area (Å²) in [6.45, 7) is 1.98. The molecule has 0 heterocycles. The highest BCUT2D eigenvalue weighted by Gasteiger charge is 2.17. The zero-order valence-corrected chi connectivity index (χ0v) is 15.4. The normalized spacial score (nSPS) is 10.5. The predicted octanol–water partition coefficient (Wildman–Crippen LogP) is 5.00. The molecule has 0 bridgehead atoms. The first kappa shape index (κ1) is 18.5. The fourth-order valence-corrected chi connectivity index (χ4v) is 2.79. The average molecular weight is 412 g/mol. The lowest BCUT2D eigenvalue weighted by Gasteiger charge is -2.10. The van der Waals surface area contributed by atoms with Crippen molar-refractivity contribution in [2.45, 2.75) is 19.8 Å². The van der Waals surface area contributed by atoms with Gasteiger partial charge in [0.05, 0.1) is 23.1 Å². The van der Waals surface area contributed by atoms with Crippen molar-refractivity contribution in [2.24, 2.45) is 0 Å². The van der Waals surface area contributed by atoms with Gasteiger partial charge in [-0.2, -0.15) is 0 Å². The second kappa shape index (κ2) is 8.31. The molecule has 0 atom stereocenters. The number of carbonyl (C=O) groups excluding carboxylic acids is 2. The molecule has 2 aromatic rings. The SMILES string of the molecule is CCOC(=O)CCC(=O)c1cc(-c2ccc(Cl)cc2)cc(Br)c1O. The second-order valence-electron chi connectivity index (χ2n) is 5.09. The van der Waals surface area contributed by atoms with Crippen molar-refractivity contribution in [1.82, 2.24) is 0 Å². The fraction of sp³-hybridized carbons (Fsp3) is 0.222. The first-order valence-electron chi connectivity index (χ1n) is 7.39. The molecule has 0 saturated carbocycles. The van der Waals surface area contributed by atoms with Crippen LogP contribution in [0.5, 0.6) is 5.75 Å². The Hall–Kier alpha value is -1.85. The van der Waals surface area contributed by atoms with Gasteiger partial charge in [-0.25, -0.2) is 0 Å². The lowest BCUT2D eigenvalue weighted by atomic mass is 9.98. The number of ketones is 1. The number of phenols is 1. The van der Waals surface area contributed by atoms with Crippen LogP contribution >= 0.6 is 27.5 Å². The molecule has 0 radical (unpaired) electrons. The zero-order chi connectivity index (χ0) is 17.7. The Balaban J connectivity index is 2.27. The van der Waals surface area contributed by atoms with Crippen molar-refractivity contribution < 1.29 is 19.4 Å². The predicted molar refractivity (Wildman–Crippen MR) is 96.5 cm³/mol. The Morgan fingerprint density at radius 3 is 2.42 bits per heavy atom. The van der Waals surface area contributed by atoms with Crippen molar-refractivity contribution >= 4 is 39.3 Å². The average Bonchev–Trinajstić information content (AvgIpc) is 2.56. The number of phenolic OH excluding ortho intramolecular Hbond substituents is 1. The third kappa shape index (κ3) is 4.58. The Morgan fingerprint density at radius 2 is 1.79 bits per heavy atom. The van der Waals surface area contributed by atoms with E-state index in [1.165, 1.54) is 0 Å². The third-order valence-corrected chi connectivity index (χ3v) is 4.26. The van der Waals surface area contributed by atoms with E-state index in [1.807, 2.05) is 12.1 Å². The minimum absolute atomic E-state index is 0.0189. The molecule has 126 valence electrons. The highest BCUT2D eigenvalue weighted by atomic mass is 79.9. The van der Waals surface area contributed by atoms with Crippen molar-refractivity contribution in [3.05, 3.63) is 51.5 Å². The van der Waals surface area contributed by atoms with Gasteiger partial charge in [0.25, 0.3) is 0 Å². The lowest BCUT2D eigenvalue weighted by molar-refractivity contribution is -0.143. The molecule has 0 aliphatic heterocycles. The number of hydrogen-bond acceptors (Lipinski definition) is 4. The molecule has 0 aromatic heterocycles. The number of rotatable bonds is 6. The summed E-state index contributed by atoms with van der Waals surface area (Å²) < 4.78 is 5.22. The number of aromatic hydroxyl groups is 1. The van der Waals surface area contributed by atoms with Crippen LogP contribution in [0, 0.1) is 0 Å². The number of hydrogen-bond donors (Lipinski definition) is 1. The summed E-state index contributed by atoms with van der Waals surface area (Å²) >= 11 is 9.15. The van der Waals surface area contributed by atoms with E-state index in [4.69, 9.17) is 16.3 Å². The summed E-state index contributed by atoms with van der Waals surface area (Å²) in [6, 6.07) is 10.5. The van der Waals surface area contributed by atoms with Gasteiger partial charge in [0.1, 0.15) is 5.75 Å². The van der Waals surface area contributed by atoms with Gasteiger partial charge in [-0.15, -0.1) is 0 Å². The number of Topliss-reactive ketones (excluding diaryl/α,β-unsaturated/α-hetero) is 1. The second-order valence-corrected chi connectivity index (χ2v) is 6.38. The molecule has 4 nitrogen and oxygen atoms in total. The molecule has 0 spiro atoms. The Bertz CT molecular complexity index is 756. The van der Waals surface area contributed by atoms with Crippen molar-refractivity contribution in [3.8, 4) is 16.9 Å². The Labute approximate surface area is 153 Å². The number of ether oxygens (including phenoxy) is 1. The van der Waals surface area contributed by atoms with Crippen LogP contribution in [0.15, 0.2) is 40.9 Å². The van der Waals surface area contributed by atoms with Crippen LogP contribution in [0.1, 0.15) is 30.1 Å². The molecule has 0 fully saturated rings. The van der Waals surface area contributed by atoms with Crippen molar-refractivity contribution in [2.75, 3.05) is 6.61 Å². The van der Waals surface area contributed by atoms with Crippen LogP contribution < -0.4 is 0 Å². The topological polar surface area (TPSA) is 63.6 Å². The van der Waals surface area contributed by atoms with Gasteiger partial charge >= 0.3 is 5.97 Å². The summed E-state index contributed by atoms with van der Waals surface area (Å²) in [4.78, 5) is 23.7. The Kier molecular flexibility index (Phi) is 6.40. The Morgan fingerprint density at radius 1 is 1.12 bits per heavy atom. The number of halogens is 2. The van der Waals surface area contributed by atoms with Gasteiger partial charge < -0.3 is 9.84 Å². The number of carbonyl (C=O) groups is 2. The van der Waals surface area contributed by atoms with E-state index in [0.29, 0.717) is 9.50 Å². The zero-order valence-electron chi connectivity index (χ0n) is 13.0. The molecule has 2 aromatic carbocycles. The van der Waals surface area contributed by atoms with Crippen LogP contribution in [0.25, 0.3) is 11.1 Å². The summed E-state index contributed by atoms with van der Waals surface area (Å²) in [6.07, 6.45) is -0.0438. The van der Waals surface area contributed by atoms with Gasteiger partial charge in [0.15, 0.2) is 5.78 Å². The van der Waals surface area contributed by atoms with Crippen LogP contribution in [0.3, 0.4) is 0 Å². The third-order valence-electron chi connectivity index (χ3n) is 3.40. The van der Waals surface area contributed by atoms with Gasteiger partial charge in [0, 0.05) is 11.4 Å². The van der Waals surface area contributed by atoms with Crippen LogP contribution in [-0.2, 0) is 9.53 Å². The number of benzene rings is 2. The van der Waals surface area contributed by atoms with E-state index in [9.17, 15) is 14.7 Å². The summed E-state index contributed by atoms with van der Waals surface area (Å²) in [5.74, 6) is -0.892. The maximum absolute atomic E-state index is 12.4. The van der Waals surface area contributed by atoms with Crippen LogP contribution in [0.4, 0.5) is 0 Å². The molecule has 0 aliphatic rings. The summed E-state index contributed by atoms with van der Waals surface area (Å²) in [5.41, 5.74) is 1.79. The van der Waals surface area contributed by atoms with E-state index in [2.05, 4.69) is 15.9 Å². The van der Waals surface area contributed by atoms with Gasteiger partial charge in [-0.05, 0) is 58.2 Å². The molecule has 0 saturated heterocycles. The molecule has 0 amide bonds. The summed E-state index contributed by atoms with van der Waals surface area (Å²) in [7, 11) is 0. The van der Waals surface area contributed by atoms with Crippen LogP contribution in [0.2, 0.25) is 5.02 Å². The van der Waals surface area contributed by atoms with E-state index in [0.717, 1.165) is 11.1 Å². The van der Waals surface area contributed by atoms with E-state index < -0.39 is 5.97 Å². The highest BCUT2D eigenvalue weighted by Crippen LogP contribution is 2.35. The number of esters is 1. The minimum Gasteiger partial charge on any atom is -0.506 e. The van der Waals surface area contributed by atoms with E-state index >= 15 is 0 Å². The fourth-order valence-electron chi connectivity index (χ4n) is 2.20. The quantitative estimate of drug-likeness (QED) is 0.536. The van der Waals surface area contributed by atoms with Gasteiger partial charge in [0.2, 0.25) is 0 Å². The molecule has 6 heteroatoms. The first-order chi connectivity index (χ1) is 11.4. The van der Waals surface area contributed by atoms with E-state index in [-0.39, 0.29) is 36.5 Å². The highest BCUT2D eigenvalue weighted by molar-refractivity contribution is 9.10. The molecule has 1 N–H and O–H groups in total. The molecule has 24 heavy (non-hydrogen) atoms. The largest absolute Gasteiger partial charge is 0.506 e.